The van der Waals surface area contributed by atoms with E-state index >= 15 is 0 Å². The number of anilines is 1. The molecule has 1 aromatic heterocycles. The number of hydrogen-bond acceptors (Lipinski definition) is 4. The van der Waals surface area contributed by atoms with Gasteiger partial charge >= 0.3 is 0 Å². The maximum atomic E-state index is 12.8. The van der Waals surface area contributed by atoms with Gasteiger partial charge in [0.1, 0.15) is 10.8 Å². The number of halogens is 2. The van der Waals surface area contributed by atoms with Crippen LogP contribution in [0.2, 0.25) is 5.02 Å². The van der Waals surface area contributed by atoms with Crippen LogP contribution in [0.25, 0.3) is 10.6 Å². The average molecular weight is 230 g/mol. The van der Waals surface area contributed by atoms with Crippen LogP contribution < -0.4 is 5.73 Å². The van der Waals surface area contributed by atoms with Crippen LogP contribution in [0.3, 0.4) is 0 Å². The molecular formula is C8H5ClFN3S. The molecule has 72 valence electrons. The van der Waals surface area contributed by atoms with Crippen molar-refractivity contribution < 1.29 is 4.39 Å². The van der Waals surface area contributed by atoms with E-state index in [0.717, 1.165) is 0 Å². The first-order chi connectivity index (χ1) is 6.66. The summed E-state index contributed by atoms with van der Waals surface area (Å²) in [5.74, 6) is -0.451. The molecule has 2 aromatic rings. The van der Waals surface area contributed by atoms with Gasteiger partial charge < -0.3 is 5.73 Å². The molecule has 0 fully saturated rings. The van der Waals surface area contributed by atoms with E-state index < -0.39 is 5.82 Å². The number of nitrogen functional groups attached to an aromatic ring is 1. The van der Waals surface area contributed by atoms with Crippen molar-refractivity contribution in [2.45, 2.75) is 0 Å². The fourth-order valence-electron chi connectivity index (χ4n) is 0.980. The Morgan fingerprint density at radius 2 is 2.14 bits per heavy atom. The molecule has 0 amide bonds. The Hall–Kier alpha value is -1.20. The molecule has 0 radical (unpaired) electrons. The Bertz CT molecular complexity index is 471. The molecule has 0 saturated heterocycles. The zero-order chi connectivity index (χ0) is 10.1. The monoisotopic (exact) mass is 229 g/mol. The van der Waals surface area contributed by atoms with Crippen LogP contribution in [-0.2, 0) is 0 Å². The Kier molecular flexibility index (Phi) is 2.35. The second kappa shape index (κ2) is 3.51. The average Bonchev–Trinajstić information content (AvgIpc) is 2.57. The molecule has 3 nitrogen and oxygen atoms in total. The maximum absolute atomic E-state index is 12.8. The van der Waals surface area contributed by atoms with Crippen molar-refractivity contribution in [3.05, 3.63) is 29.0 Å². The lowest BCUT2D eigenvalue weighted by Gasteiger charge is -1.96. The first kappa shape index (κ1) is 9.36. The predicted octanol–water partition coefficient (Wildman–Crippen LogP) is 2.58. The van der Waals surface area contributed by atoms with Crippen molar-refractivity contribution in [2.75, 3.05) is 5.73 Å². The lowest BCUT2D eigenvalue weighted by molar-refractivity contribution is 0.628. The summed E-state index contributed by atoms with van der Waals surface area (Å²) in [6.45, 7) is 0. The smallest absolute Gasteiger partial charge is 0.203 e. The number of benzene rings is 1. The quantitative estimate of drug-likeness (QED) is 0.818. The predicted molar refractivity (Wildman–Crippen MR) is 54.7 cm³/mol. The number of rotatable bonds is 1. The lowest BCUT2D eigenvalue weighted by atomic mass is 10.2. The number of nitrogens with zero attached hydrogens (tertiary/aromatic N) is 2. The van der Waals surface area contributed by atoms with Crippen LogP contribution in [0.4, 0.5) is 9.52 Å². The first-order valence-electron chi connectivity index (χ1n) is 3.71. The number of nitrogens with two attached hydrogens (primary N) is 1. The van der Waals surface area contributed by atoms with Gasteiger partial charge in [-0.2, -0.15) is 0 Å². The molecule has 0 unspecified atom stereocenters. The van der Waals surface area contributed by atoms with Gasteiger partial charge in [0.05, 0.1) is 5.02 Å². The highest BCUT2D eigenvalue weighted by molar-refractivity contribution is 7.18. The van der Waals surface area contributed by atoms with E-state index in [9.17, 15) is 4.39 Å². The molecule has 1 heterocycles. The third kappa shape index (κ3) is 1.69. The summed E-state index contributed by atoms with van der Waals surface area (Å²) in [6, 6.07) is 4.37. The molecule has 0 saturated carbocycles. The summed E-state index contributed by atoms with van der Waals surface area (Å²) in [4.78, 5) is 0. The fraction of sp³-hybridized carbons (Fsp3) is 0. The SMILES string of the molecule is Nc1nnc(-c2ccc(F)c(Cl)c2)s1. The third-order valence-electron chi connectivity index (χ3n) is 1.61. The molecule has 1 aromatic carbocycles. The van der Waals surface area contributed by atoms with Crippen molar-refractivity contribution in [1.82, 2.24) is 10.2 Å². The van der Waals surface area contributed by atoms with Crippen LogP contribution in [0.5, 0.6) is 0 Å². The minimum Gasteiger partial charge on any atom is -0.374 e. The van der Waals surface area contributed by atoms with Gasteiger partial charge in [0, 0.05) is 5.56 Å². The Labute approximate surface area is 88.3 Å². The van der Waals surface area contributed by atoms with Gasteiger partial charge in [0.15, 0.2) is 0 Å². The number of aromatic nitrogens is 2. The maximum Gasteiger partial charge on any atom is 0.203 e. The lowest BCUT2D eigenvalue weighted by Crippen LogP contribution is -1.81. The summed E-state index contributed by atoms with van der Waals surface area (Å²) in [5.41, 5.74) is 6.14. The van der Waals surface area contributed by atoms with Crippen LogP contribution in [0.1, 0.15) is 0 Å². The molecule has 2 N–H and O–H groups in total. The topological polar surface area (TPSA) is 51.8 Å². The zero-order valence-corrected chi connectivity index (χ0v) is 8.44. The molecule has 0 spiro atoms. The Balaban J connectivity index is 2.47. The van der Waals surface area contributed by atoms with Crippen LogP contribution in [-0.4, -0.2) is 10.2 Å². The third-order valence-corrected chi connectivity index (χ3v) is 2.70. The molecule has 0 aliphatic rings. The van der Waals surface area contributed by atoms with Gasteiger partial charge in [-0.05, 0) is 18.2 Å². The minimum atomic E-state index is -0.451. The Morgan fingerprint density at radius 3 is 2.71 bits per heavy atom. The van der Waals surface area contributed by atoms with E-state index in [1.54, 1.807) is 6.07 Å². The molecule has 6 heteroatoms. The van der Waals surface area contributed by atoms with Crippen molar-refractivity contribution in [3.8, 4) is 10.6 Å². The molecule has 2 rings (SSSR count). The normalized spacial score (nSPS) is 10.4. The Morgan fingerprint density at radius 1 is 1.36 bits per heavy atom. The highest BCUT2D eigenvalue weighted by atomic mass is 35.5. The fourth-order valence-corrected chi connectivity index (χ4v) is 1.77. The highest BCUT2D eigenvalue weighted by Gasteiger charge is 2.07. The van der Waals surface area contributed by atoms with Crippen molar-refractivity contribution >= 4 is 28.1 Å². The molecule has 0 bridgehead atoms. The molecule has 0 aliphatic heterocycles. The van der Waals surface area contributed by atoms with Crippen LogP contribution >= 0.6 is 22.9 Å². The standard InChI is InChI=1S/C8H5ClFN3S/c9-5-3-4(1-2-6(5)10)7-12-13-8(11)14-7/h1-3H,(H2,11,13). The highest BCUT2D eigenvalue weighted by Crippen LogP contribution is 2.27. The van der Waals surface area contributed by atoms with E-state index in [-0.39, 0.29) is 5.02 Å². The second-order valence-electron chi connectivity index (χ2n) is 2.57. The zero-order valence-electron chi connectivity index (χ0n) is 6.87. The summed E-state index contributed by atoms with van der Waals surface area (Å²) < 4.78 is 12.8. The van der Waals surface area contributed by atoms with Gasteiger partial charge in [-0.15, -0.1) is 10.2 Å². The van der Waals surface area contributed by atoms with Gasteiger partial charge in [-0.25, -0.2) is 4.39 Å². The number of hydrogen-bond donors (Lipinski definition) is 1. The summed E-state index contributed by atoms with van der Waals surface area (Å²) in [6.07, 6.45) is 0. The van der Waals surface area contributed by atoms with Crippen molar-refractivity contribution in [2.24, 2.45) is 0 Å². The molecule has 0 aliphatic carbocycles. The van der Waals surface area contributed by atoms with E-state index in [1.807, 2.05) is 0 Å². The van der Waals surface area contributed by atoms with Crippen molar-refractivity contribution in [1.29, 1.82) is 0 Å². The summed E-state index contributed by atoms with van der Waals surface area (Å²) in [7, 11) is 0. The van der Waals surface area contributed by atoms with Crippen LogP contribution in [0.15, 0.2) is 18.2 Å². The van der Waals surface area contributed by atoms with Gasteiger partial charge in [-0.3, -0.25) is 0 Å². The van der Waals surface area contributed by atoms with E-state index in [1.165, 1.54) is 23.5 Å². The molecular weight excluding hydrogens is 225 g/mol. The minimum absolute atomic E-state index is 0.0660. The largest absolute Gasteiger partial charge is 0.374 e. The van der Waals surface area contributed by atoms with Crippen molar-refractivity contribution in [3.63, 3.8) is 0 Å². The van der Waals surface area contributed by atoms with Gasteiger partial charge in [-0.1, -0.05) is 22.9 Å². The van der Waals surface area contributed by atoms with E-state index in [0.29, 0.717) is 15.7 Å². The van der Waals surface area contributed by atoms with E-state index in [2.05, 4.69) is 10.2 Å². The summed E-state index contributed by atoms with van der Waals surface area (Å²) >= 11 is 6.85. The first-order valence-corrected chi connectivity index (χ1v) is 4.90. The molecule has 14 heavy (non-hydrogen) atoms. The second-order valence-corrected chi connectivity index (χ2v) is 3.99. The van der Waals surface area contributed by atoms with Gasteiger partial charge in [0.25, 0.3) is 0 Å². The summed E-state index contributed by atoms with van der Waals surface area (Å²) in [5, 5.41) is 8.54. The molecule has 0 atom stereocenters. The van der Waals surface area contributed by atoms with Gasteiger partial charge in [0.2, 0.25) is 5.13 Å². The van der Waals surface area contributed by atoms with E-state index in [4.69, 9.17) is 17.3 Å². The van der Waals surface area contributed by atoms with Crippen LogP contribution in [0, 0.1) is 5.82 Å².